The van der Waals surface area contributed by atoms with E-state index in [9.17, 15) is 4.39 Å². The molecule has 20 heavy (non-hydrogen) atoms. The number of imidazole rings is 1. The summed E-state index contributed by atoms with van der Waals surface area (Å²) in [5, 5.41) is 0.105. The van der Waals surface area contributed by atoms with Crippen LogP contribution in [0.2, 0.25) is 5.02 Å². The van der Waals surface area contributed by atoms with Crippen molar-refractivity contribution in [3.8, 4) is 0 Å². The summed E-state index contributed by atoms with van der Waals surface area (Å²) in [5.41, 5.74) is 1.48. The maximum Gasteiger partial charge on any atom is 0.178 e. The van der Waals surface area contributed by atoms with Gasteiger partial charge in [0.25, 0.3) is 0 Å². The van der Waals surface area contributed by atoms with E-state index >= 15 is 0 Å². The van der Waals surface area contributed by atoms with Gasteiger partial charge in [0.1, 0.15) is 5.82 Å². The Bertz CT molecular complexity index is 655. The number of nitrogens with zero attached hydrogens (tertiary/aromatic N) is 2. The number of fused-ring (bicyclic) bond motifs is 1. The number of halogens is 2. The minimum atomic E-state index is -0.445. The average molecular weight is 318 g/mol. The summed E-state index contributed by atoms with van der Waals surface area (Å²) in [7, 11) is 3.70. The predicted molar refractivity (Wildman–Crippen MR) is 81.5 cm³/mol. The molecule has 1 aromatic heterocycles. The molecule has 0 amide bonds. The van der Waals surface area contributed by atoms with Crippen LogP contribution in [-0.4, -0.2) is 48.3 Å². The molecule has 7 heteroatoms. The molecule has 0 aliphatic heterocycles. The van der Waals surface area contributed by atoms with Gasteiger partial charge in [0, 0.05) is 32.8 Å². The Hall–Kier alpha value is -0.950. The molecule has 2 rings (SSSR count). The zero-order valence-electron chi connectivity index (χ0n) is 11.4. The SMILES string of the molecule is COCCN(C)CCn1c(=S)[nH]c2cc(F)c(Cl)cc21. The van der Waals surface area contributed by atoms with E-state index in [-0.39, 0.29) is 5.02 Å². The van der Waals surface area contributed by atoms with Crippen LogP contribution < -0.4 is 0 Å². The Kier molecular flexibility index (Phi) is 5.15. The number of aromatic amines is 1. The standard InChI is InChI=1S/C13H17ClFN3OS/c1-17(5-6-19-2)3-4-18-12-7-9(14)10(15)8-11(12)16-13(18)20/h7-8H,3-6H2,1-2H3,(H,16,20). The highest BCUT2D eigenvalue weighted by molar-refractivity contribution is 7.71. The third-order valence-corrected chi connectivity index (χ3v) is 3.81. The van der Waals surface area contributed by atoms with Crippen molar-refractivity contribution in [3.05, 3.63) is 27.7 Å². The number of H-pyrrole nitrogens is 1. The lowest BCUT2D eigenvalue weighted by molar-refractivity contribution is 0.159. The molecule has 0 unspecified atom stereocenters. The Morgan fingerprint density at radius 2 is 2.20 bits per heavy atom. The number of methoxy groups -OCH3 is 1. The minimum Gasteiger partial charge on any atom is -0.383 e. The fourth-order valence-corrected chi connectivity index (χ4v) is 2.46. The van der Waals surface area contributed by atoms with Crippen LogP contribution in [0.25, 0.3) is 11.0 Å². The second kappa shape index (κ2) is 6.67. The molecule has 1 heterocycles. The molecule has 0 spiro atoms. The van der Waals surface area contributed by atoms with Gasteiger partial charge in [-0.3, -0.25) is 0 Å². The molecule has 2 aromatic rings. The topological polar surface area (TPSA) is 33.2 Å². The molecule has 110 valence electrons. The molecular formula is C13H17ClFN3OS. The van der Waals surface area contributed by atoms with Crippen LogP contribution in [0.15, 0.2) is 12.1 Å². The van der Waals surface area contributed by atoms with Crippen LogP contribution in [0, 0.1) is 10.6 Å². The molecule has 0 aliphatic carbocycles. The number of hydrogen-bond donors (Lipinski definition) is 1. The van der Waals surface area contributed by atoms with Gasteiger partial charge in [-0.05, 0) is 25.3 Å². The Morgan fingerprint density at radius 3 is 2.90 bits per heavy atom. The summed E-state index contributed by atoms with van der Waals surface area (Å²) >= 11 is 11.1. The molecular weight excluding hydrogens is 301 g/mol. The van der Waals surface area contributed by atoms with Gasteiger partial charge in [-0.1, -0.05) is 11.6 Å². The first kappa shape index (κ1) is 15.4. The van der Waals surface area contributed by atoms with Crippen molar-refractivity contribution in [1.29, 1.82) is 0 Å². The fourth-order valence-electron chi connectivity index (χ4n) is 2.00. The highest BCUT2D eigenvalue weighted by Gasteiger charge is 2.09. The van der Waals surface area contributed by atoms with Gasteiger partial charge >= 0.3 is 0 Å². The van der Waals surface area contributed by atoms with Crippen molar-refractivity contribution >= 4 is 34.9 Å². The largest absolute Gasteiger partial charge is 0.383 e. The zero-order chi connectivity index (χ0) is 14.7. The minimum absolute atomic E-state index is 0.105. The maximum atomic E-state index is 13.4. The lowest BCUT2D eigenvalue weighted by Crippen LogP contribution is -2.26. The highest BCUT2D eigenvalue weighted by Crippen LogP contribution is 2.22. The third-order valence-electron chi connectivity index (χ3n) is 3.20. The molecule has 0 bridgehead atoms. The van der Waals surface area contributed by atoms with Gasteiger partial charge < -0.3 is 19.2 Å². The maximum absolute atomic E-state index is 13.4. The van der Waals surface area contributed by atoms with Crippen LogP contribution >= 0.6 is 23.8 Å². The van der Waals surface area contributed by atoms with Crippen molar-refractivity contribution in [2.24, 2.45) is 0 Å². The summed E-state index contributed by atoms with van der Waals surface area (Å²) in [6.07, 6.45) is 0. The number of ether oxygens (including phenoxy) is 1. The molecule has 0 atom stereocenters. The van der Waals surface area contributed by atoms with Crippen LogP contribution in [0.1, 0.15) is 0 Å². The number of benzene rings is 1. The monoisotopic (exact) mass is 317 g/mol. The average Bonchev–Trinajstić information content (AvgIpc) is 2.70. The summed E-state index contributed by atoms with van der Waals surface area (Å²) in [4.78, 5) is 5.15. The molecule has 0 saturated heterocycles. The first-order valence-corrected chi connectivity index (χ1v) is 7.06. The number of aromatic nitrogens is 2. The van der Waals surface area contributed by atoms with Gasteiger partial charge in [0.2, 0.25) is 0 Å². The number of nitrogens with one attached hydrogen (secondary N) is 1. The molecule has 1 aromatic carbocycles. The fraction of sp³-hybridized carbons (Fsp3) is 0.462. The van der Waals surface area contributed by atoms with Crippen LogP contribution in [0.3, 0.4) is 0 Å². The van der Waals surface area contributed by atoms with Crippen LogP contribution in [-0.2, 0) is 11.3 Å². The quantitative estimate of drug-likeness (QED) is 0.831. The lowest BCUT2D eigenvalue weighted by atomic mass is 10.3. The summed E-state index contributed by atoms with van der Waals surface area (Å²) < 4.78 is 21.0. The van der Waals surface area contributed by atoms with Gasteiger partial charge in [0.15, 0.2) is 4.77 Å². The van der Waals surface area contributed by atoms with Crippen LogP contribution in [0.5, 0.6) is 0 Å². The van der Waals surface area contributed by atoms with Gasteiger partial charge in [0.05, 0.1) is 22.7 Å². The van der Waals surface area contributed by atoms with E-state index in [4.69, 9.17) is 28.6 Å². The van der Waals surface area contributed by atoms with E-state index in [1.165, 1.54) is 6.07 Å². The Morgan fingerprint density at radius 1 is 1.45 bits per heavy atom. The van der Waals surface area contributed by atoms with E-state index in [0.29, 0.717) is 23.4 Å². The van der Waals surface area contributed by atoms with Gasteiger partial charge in [-0.2, -0.15) is 0 Å². The number of rotatable bonds is 6. The zero-order valence-corrected chi connectivity index (χ0v) is 13.0. The summed E-state index contributed by atoms with van der Waals surface area (Å²) in [6.45, 7) is 3.06. The highest BCUT2D eigenvalue weighted by atomic mass is 35.5. The Balaban J connectivity index is 2.19. The van der Waals surface area contributed by atoms with Crippen molar-refractivity contribution < 1.29 is 9.13 Å². The first-order valence-electron chi connectivity index (χ1n) is 6.28. The van der Waals surface area contributed by atoms with Crippen molar-refractivity contribution in [2.45, 2.75) is 6.54 Å². The predicted octanol–water partition coefficient (Wildman–Crippen LogP) is 3.07. The lowest BCUT2D eigenvalue weighted by Gasteiger charge is -2.16. The number of hydrogen-bond acceptors (Lipinski definition) is 3. The molecule has 4 nitrogen and oxygen atoms in total. The first-order chi connectivity index (χ1) is 9.52. The number of likely N-dealkylation sites (N-methyl/N-ethyl adjacent to an activating group) is 1. The van der Waals surface area contributed by atoms with Crippen LogP contribution in [0.4, 0.5) is 4.39 Å². The van der Waals surface area contributed by atoms with Crippen molar-refractivity contribution in [3.63, 3.8) is 0 Å². The Labute approximate surface area is 127 Å². The third kappa shape index (κ3) is 3.38. The molecule has 0 aliphatic rings. The van der Waals surface area contributed by atoms with E-state index in [2.05, 4.69) is 9.88 Å². The normalized spacial score (nSPS) is 11.7. The van der Waals surface area contributed by atoms with Gasteiger partial charge in [-0.25, -0.2) is 4.39 Å². The molecule has 0 radical (unpaired) electrons. The van der Waals surface area contributed by atoms with E-state index in [1.54, 1.807) is 13.2 Å². The smallest absolute Gasteiger partial charge is 0.178 e. The summed E-state index contributed by atoms with van der Waals surface area (Å²) in [6, 6.07) is 2.98. The van der Waals surface area contributed by atoms with E-state index in [0.717, 1.165) is 18.6 Å². The second-order valence-electron chi connectivity index (χ2n) is 4.66. The molecule has 1 N–H and O–H groups in total. The molecule has 0 saturated carbocycles. The summed E-state index contributed by atoms with van der Waals surface area (Å²) in [5.74, 6) is -0.445. The second-order valence-corrected chi connectivity index (χ2v) is 5.46. The van der Waals surface area contributed by atoms with E-state index in [1.807, 2.05) is 11.6 Å². The molecule has 0 fully saturated rings. The van der Waals surface area contributed by atoms with Crippen molar-refractivity contribution in [2.75, 3.05) is 33.9 Å². The van der Waals surface area contributed by atoms with Gasteiger partial charge in [-0.15, -0.1) is 0 Å². The van der Waals surface area contributed by atoms with E-state index < -0.39 is 5.82 Å². The van der Waals surface area contributed by atoms with Crippen molar-refractivity contribution in [1.82, 2.24) is 14.5 Å².